The van der Waals surface area contributed by atoms with E-state index < -0.39 is 0 Å². The number of hydrogen-bond donors (Lipinski definition) is 1. The molecule has 1 aliphatic heterocycles. The van der Waals surface area contributed by atoms with Gasteiger partial charge in [0.15, 0.2) is 0 Å². The molecule has 1 saturated heterocycles. The maximum Gasteiger partial charge on any atom is 0.263 e. The predicted molar refractivity (Wildman–Crippen MR) is 69.1 cm³/mol. The molecule has 0 spiro atoms. The molecule has 2 aliphatic rings. The molecule has 2 unspecified atom stereocenters. The number of thiophene rings is 1. The zero-order chi connectivity index (χ0) is 12.0. The van der Waals surface area contributed by atoms with E-state index in [-0.39, 0.29) is 11.9 Å². The zero-order valence-electron chi connectivity index (χ0n) is 10.1. The molecule has 17 heavy (non-hydrogen) atoms. The Bertz CT molecular complexity index is 438. The lowest BCUT2D eigenvalue weighted by atomic mass is 9.99. The Morgan fingerprint density at radius 1 is 1.41 bits per heavy atom. The monoisotopic (exact) mass is 250 g/mol. The predicted octanol–water partition coefficient (Wildman–Crippen LogP) is 1.87. The van der Waals surface area contributed by atoms with Crippen molar-refractivity contribution in [2.24, 2.45) is 17.6 Å². The minimum Gasteiger partial charge on any atom is -0.336 e. The second-order valence-electron chi connectivity index (χ2n) is 5.29. The molecule has 2 heterocycles. The number of aryl methyl sites for hydroxylation is 1. The summed E-state index contributed by atoms with van der Waals surface area (Å²) < 4.78 is 0. The lowest BCUT2D eigenvalue weighted by Crippen LogP contribution is -2.32. The molecule has 1 amide bonds. The van der Waals surface area contributed by atoms with Gasteiger partial charge in [-0.05, 0) is 43.7 Å². The van der Waals surface area contributed by atoms with Gasteiger partial charge < -0.3 is 10.6 Å². The van der Waals surface area contributed by atoms with Crippen LogP contribution in [0.5, 0.6) is 0 Å². The standard InChI is InChI=1S/C13H18N2OS/c1-8-2-5-12(17-8)13(16)15-6-10(9-3-4-9)11(14)7-15/h2,5,9-11H,3-4,6-7,14H2,1H3. The summed E-state index contributed by atoms with van der Waals surface area (Å²) in [4.78, 5) is 16.3. The lowest BCUT2D eigenvalue weighted by Gasteiger charge is -2.14. The van der Waals surface area contributed by atoms with E-state index in [4.69, 9.17) is 5.73 Å². The van der Waals surface area contributed by atoms with Gasteiger partial charge in [-0.15, -0.1) is 11.3 Å². The number of nitrogens with two attached hydrogens (primary N) is 1. The average Bonchev–Trinajstić information content (AvgIpc) is 2.94. The van der Waals surface area contributed by atoms with Crippen LogP contribution >= 0.6 is 11.3 Å². The van der Waals surface area contributed by atoms with Gasteiger partial charge in [-0.3, -0.25) is 4.79 Å². The summed E-state index contributed by atoms with van der Waals surface area (Å²) in [5, 5.41) is 0. The fourth-order valence-electron chi connectivity index (χ4n) is 2.75. The van der Waals surface area contributed by atoms with E-state index in [1.807, 2.05) is 24.0 Å². The molecule has 0 aromatic carbocycles. The van der Waals surface area contributed by atoms with Crippen molar-refractivity contribution in [3.8, 4) is 0 Å². The first-order valence-corrected chi connectivity index (χ1v) is 7.08. The van der Waals surface area contributed by atoms with Crippen LogP contribution in [0.3, 0.4) is 0 Å². The first-order chi connectivity index (χ1) is 8.15. The molecule has 3 rings (SSSR count). The average molecular weight is 250 g/mol. The molecule has 2 atom stereocenters. The van der Waals surface area contributed by atoms with Crippen LogP contribution in [0.25, 0.3) is 0 Å². The number of likely N-dealkylation sites (tertiary alicyclic amines) is 1. The minimum absolute atomic E-state index is 0.168. The maximum absolute atomic E-state index is 12.3. The fraction of sp³-hybridized carbons (Fsp3) is 0.615. The van der Waals surface area contributed by atoms with E-state index in [1.165, 1.54) is 17.7 Å². The Kier molecular flexibility index (Phi) is 2.71. The van der Waals surface area contributed by atoms with Gasteiger partial charge in [0.05, 0.1) is 4.88 Å². The Balaban J connectivity index is 1.71. The lowest BCUT2D eigenvalue weighted by molar-refractivity contribution is 0.0789. The Morgan fingerprint density at radius 2 is 2.18 bits per heavy atom. The Morgan fingerprint density at radius 3 is 2.76 bits per heavy atom. The van der Waals surface area contributed by atoms with Gasteiger partial charge in [-0.2, -0.15) is 0 Å². The number of rotatable bonds is 2. The van der Waals surface area contributed by atoms with E-state index >= 15 is 0 Å². The van der Waals surface area contributed by atoms with Crippen LogP contribution in [0.2, 0.25) is 0 Å². The summed E-state index contributed by atoms with van der Waals surface area (Å²) in [6.45, 7) is 3.63. The van der Waals surface area contributed by atoms with Gasteiger partial charge in [0.2, 0.25) is 0 Å². The summed E-state index contributed by atoms with van der Waals surface area (Å²) in [5.74, 6) is 1.49. The molecule has 1 aromatic heterocycles. The highest BCUT2D eigenvalue weighted by atomic mass is 32.1. The van der Waals surface area contributed by atoms with Gasteiger partial charge in [0.1, 0.15) is 0 Å². The molecule has 1 saturated carbocycles. The zero-order valence-corrected chi connectivity index (χ0v) is 10.9. The normalized spacial score (nSPS) is 28.7. The van der Waals surface area contributed by atoms with Crippen LogP contribution in [0.15, 0.2) is 12.1 Å². The van der Waals surface area contributed by atoms with Gasteiger partial charge >= 0.3 is 0 Å². The summed E-state index contributed by atoms with van der Waals surface area (Å²) in [7, 11) is 0. The van der Waals surface area contributed by atoms with Crippen molar-refractivity contribution < 1.29 is 4.79 Å². The van der Waals surface area contributed by atoms with E-state index in [1.54, 1.807) is 11.3 Å². The van der Waals surface area contributed by atoms with Gasteiger partial charge in [-0.25, -0.2) is 0 Å². The highest BCUT2D eigenvalue weighted by Gasteiger charge is 2.42. The summed E-state index contributed by atoms with van der Waals surface area (Å²) in [6, 6.07) is 4.12. The largest absolute Gasteiger partial charge is 0.336 e. The number of carbonyl (C=O) groups excluding carboxylic acids is 1. The molecule has 0 radical (unpaired) electrons. The van der Waals surface area contributed by atoms with Crippen molar-refractivity contribution in [3.63, 3.8) is 0 Å². The Hall–Kier alpha value is -0.870. The van der Waals surface area contributed by atoms with E-state index in [2.05, 4.69) is 0 Å². The minimum atomic E-state index is 0.168. The molecular weight excluding hydrogens is 232 g/mol. The van der Waals surface area contributed by atoms with E-state index in [0.717, 1.165) is 23.9 Å². The smallest absolute Gasteiger partial charge is 0.263 e. The van der Waals surface area contributed by atoms with Crippen LogP contribution in [0.1, 0.15) is 27.4 Å². The maximum atomic E-state index is 12.3. The second kappa shape index (κ2) is 4.10. The third-order valence-corrected chi connectivity index (χ3v) is 4.87. The number of hydrogen-bond acceptors (Lipinski definition) is 3. The molecule has 2 fully saturated rings. The summed E-state index contributed by atoms with van der Waals surface area (Å²) in [5.41, 5.74) is 6.14. The van der Waals surface area contributed by atoms with Crippen LogP contribution in [0.4, 0.5) is 0 Å². The van der Waals surface area contributed by atoms with Crippen LogP contribution in [0, 0.1) is 18.8 Å². The van der Waals surface area contributed by atoms with Crippen LogP contribution in [-0.2, 0) is 0 Å². The summed E-state index contributed by atoms with van der Waals surface area (Å²) in [6.07, 6.45) is 2.61. The molecule has 1 aliphatic carbocycles. The first kappa shape index (κ1) is 11.2. The van der Waals surface area contributed by atoms with E-state index in [0.29, 0.717) is 5.92 Å². The van der Waals surface area contributed by atoms with Gasteiger partial charge in [0, 0.05) is 24.0 Å². The van der Waals surface area contributed by atoms with Gasteiger partial charge in [0.25, 0.3) is 5.91 Å². The van der Waals surface area contributed by atoms with Crippen molar-refractivity contribution in [1.29, 1.82) is 0 Å². The number of amides is 1. The van der Waals surface area contributed by atoms with Crippen molar-refractivity contribution in [3.05, 3.63) is 21.9 Å². The van der Waals surface area contributed by atoms with E-state index in [9.17, 15) is 4.79 Å². The van der Waals surface area contributed by atoms with Crippen molar-refractivity contribution in [1.82, 2.24) is 4.90 Å². The molecule has 3 nitrogen and oxygen atoms in total. The number of nitrogens with zero attached hydrogens (tertiary/aromatic N) is 1. The highest BCUT2D eigenvalue weighted by molar-refractivity contribution is 7.13. The third kappa shape index (κ3) is 2.11. The molecule has 4 heteroatoms. The first-order valence-electron chi connectivity index (χ1n) is 6.26. The quantitative estimate of drug-likeness (QED) is 0.871. The molecule has 0 bridgehead atoms. The van der Waals surface area contributed by atoms with Crippen molar-refractivity contribution >= 4 is 17.2 Å². The topological polar surface area (TPSA) is 46.3 Å². The van der Waals surface area contributed by atoms with Gasteiger partial charge in [-0.1, -0.05) is 0 Å². The molecular formula is C13H18N2OS. The van der Waals surface area contributed by atoms with Crippen LogP contribution in [-0.4, -0.2) is 29.9 Å². The summed E-state index contributed by atoms with van der Waals surface area (Å²) >= 11 is 1.58. The van der Waals surface area contributed by atoms with Crippen molar-refractivity contribution in [2.45, 2.75) is 25.8 Å². The highest BCUT2D eigenvalue weighted by Crippen LogP contribution is 2.41. The fourth-order valence-corrected chi connectivity index (χ4v) is 3.58. The number of carbonyl (C=O) groups is 1. The SMILES string of the molecule is Cc1ccc(C(=O)N2CC(N)C(C3CC3)C2)s1. The van der Waals surface area contributed by atoms with Crippen LogP contribution < -0.4 is 5.73 Å². The Labute approximate surface area is 106 Å². The molecule has 92 valence electrons. The van der Waals surface area contributed by atoms with Crippen molar-refractivity contribution in [2.75, 3.05) is 13.1 Å². The second-order valence-corrected chi connectivity index (χ2v) is 6.57. The molecule has 1 aromatic rings. The third-order valence-electron chi connectivity index (χ3n) is 3.88. The molecule has 2 N–H and O–H groups in total.